The first-order valence-electron chi connectivity index (χ1n) is 9.26. The minimum absolute atomic E-state index is 0.0449. The highest BCUT2D eigenvalue weighted by Gasteiger charge is 2.25. The summed E-state index contributed by atoms with van der Waals surface area (Å²) >= 11 is 0. The lowest BCUT2D eigenvalue weighted by Gasteiger charge is -2.14. The van der Waals surface area contributed by atoms with Crippen molar-refractivity contribution in [3.8, 4) is 5.75 Å². The highest BCUT2D eigenvalue weighted by Crippen LogP contribution is 2.11. The molecule has 0 saturated carbocycles. The van der Waals surface area contributed by atoms with Gasteiger partial charge in [-0.05, 0) is 37.0 Å². The predicted molar refractivity (Wildman–Crippen MR) is 104 cm³/mol. The molecule has 0 fully saturated rings. The second kappa shape index (κ2) is 12.4. The van der Waals surface area contributed by atoms with Crippen molar-refractivity contribution in [2.75, 3.05) is 0 Å². The Morgan fingerprint density at radius 3 is 1.81 bits per heavy atom. The van der Waals surface area contributed by atoms with E-state index in [1.165, 1.54) is 12.1 Å². The Hall–Kier alpha value is -3.35. The highest BCUT2D eigenvalue weighted by atomic mass is 16.6. The van der Waals surface area contributed by atoms with E-state index in [-0.39, 0.29) is 31.4 Å². The molecule has 0 spiro atoms. The number of hydrogen-bond donors (Lipinski definition) is 5. The van der Waals surface area contributed by atoms with Crippen LogP contribution in [-0.2, 0) is 39.9 Å². The van der Waals surface area contributed by atoms with Gasteiger partial charge in [0.2, 0.25) is 0 Å². The van der Waals surface area contributed by atoms with Gasteiger partial charge in [-0.1, -0.05) is 12.1 Å². The van der Waals surface area contributed by atoms with Crippen LogP contribution in [0.5, 0.6) is 5.75 Å². The van der Waals surface area contributed by atoms with Crippen molar-refractivity contribution in [3.05, 3.63) is 29.8 Å². The van der Waals surface area contributed by atoms with E-state index < -0.39 is 54.4 Å². The molecule has 0 aliphatic carbocycles. The van der Waals surface area contributed by atoms with Gasteiger partial charge in [-0.2, -0.15) is 0 Å². The molecule has 0 aliphatic rings. The zero-order valence-electron chi connectivity index (χ0n) is 16.6. The van der Waals surface area contributed by atoms with Gasteiger partial charge in [0.05, 0.1) is 0 Å². The summed E-state index contributed by atoms with van der Waals surface area (Å²) in [5, 5.41) is 17.8. The molecule has 8 N–H and O–H groups in total. The van der Waals surface area contributed by atoms with Crippen molar-refractivity contribution < 1.29 is 43.7 Å². The second-order valence-corrected chi connectivity index (χ2v) is 6.69. The summed E-state index contributed by atoms with van der Waals surface area (Å²) in [7, 11) is 0. The number of ether oxygens (including phenoxy) is 2. The molecule has 31 heavy (non-hydrogen) atoms. The molecule has 0 radical (unpaired) electrons. The van der Waals surface area contributed by atoms with E-state index in [0.717, 1.165) is 0 Å². The Labute approximate surface area is 177 Å². The smallest absolute Gasteiger partial charge is 0.330 e. The molecule has 0 heterocycles. The van der Waals surface area contributed by atoms with Gasteiger partial charge < -0.3 is 36.9 Å². The maximum atomic E-state index is 11.9. The van der Waals surface area contributed by atoms with Crippen LogP contribution in [0.3, 0.4) is 0 Å². The third kappa shape index (κ3) is 9.80. The van der Waals surface area contributed by atoms with E-state index in [0.29, 0.717) is 5.56 Å². The fourth-order valence-corrected chi connectivity index (χ4v) is 2.25. The van der Waals surface area contributed by atoms with E-state index in [1.807, 2.05) is 0 Å². The highest BCUT2D eigenvalue weighted by molar-refractivity contribution is 5.91. The Morgan fingerprint density at radius 2 is 1.26 bits per heavy atom. The van der Waals surface area contributed by atoms with Crippen LogP contribution in [0.1, 0.15) is 31.2 Å². The zero-order valence-corrected chi connectivity index (χ0v) is 16.6. The minimum atomic E-state index is -1.35. The predicted octanol–water partition coefficient (Wildman–Crippen LogP) is -1.30. The molecule has 12 nitrogen and oxygen atoms in total. The van der Waals surface area contributed by atoms with Crippen LogP contribution < -0.4 is 17.2 Å². The van der Waals surface area contributed by atoms with E-state index in [9.17, 15) is 29.1 Å². The number of nitrogens with two attached hydrogens (primary N) is 3. The molecule has 0 aliphatic heterocycles. The van der Waals surface area contributed by atoms with Crippen LogP contribution in [0, 0.1) is 0 Å². The lowest BCUT2D eigenvalue weighted by molar-refractivity contribution is -0.161. The number of aliphatic carboxylic acids is 1. The van der Waals surface area contributed by atoms with Crippen LogP contribution in [0.4, 0.5) is 0 Å². The molecule has 3 atom stereocenters. The molecule has 0 amide bonds. The number of carboxylic acids is 1. The number of phenols is 1. The fourth-order valence-electron chi connectivity index (χ4n) is 2.25. The molecule has 1 aromatic carbocycles. The molecular formula is C19H25N3O9. The van der Waals surface area contributed by atoms with Crippen molar-refractivity contribution in [1.82, 2.24) is 0 Å². The molecule has 1 rings (SSSR count). The van der Waals surface area contributed by atoms with Gasteiger partial charge in [-0.15, -0.1) is 0 Å². The first-order valence-corrected chi connectivity index (χ1v) is 9.26. The fraction of sp³-hybridized carbons (Fsp3) is 0.421. The standard InChI is InChI=1S/C19H25N3O9/c20-12(5-7-15(24)25)17(27)30-16(26)8-6-13(21)18(28)31-19(29)14(22)9-10-1-3-11(23)4-2-10/h1-4,12-14,23H,5-9,20-22H2,(H,24,25)/t12-,13-,14-/m0/s1. The summed E-state index contributed by atoms with van der Waals surface area (Å²) in [6.07, 6.45) is -1.25. The number of phenolic OH excluding ortho intramolecular Hbond substituents is 1. The van der Waals surface area contributed by atoms with Crippen LogP contribution in [-0.4, -0.2) is 58.2 Å². The summed E-state index contributed by atoms with van der Waals surface area (Å²) in [5.74, 6) is -5.36. The van der Waals surface area contributed by atoms with Crippen molar-refractivity contribution in [2.45, 2.75) is 50.2 Å². The number of esters is 4. The Balaban J connectivity index is 2.39. The summed E-state index contributed by atoms with van der Waals surface area (Å²) in [6.45, 7) is 0. The van der Waals surface area contributed by atoms with E-state index in [2.05, 4.69) is 9.47 Å². The third-order valence-corrected chi connectivity index (χ3v) is 4.04. The zero-order chi connectivity index (χ0) is 23.6. The van der Waals surface area contributed by atoms with E-state index in [1.54, 1.807) is 12.1 Å². The van der Waals surface area contributed by atoms with Gasteiger partial charge in [0.25, 0.3) is 0 Å². The summed E-state index contributed by atoms with van der Waals surface area (Å²) in [5.41, 5.74) is 17.3. The molecule has 1 aromatic rings. The molecule has 0 unspecified atom stereocenters. The SMILES string of the molecule is N[C@@H](CCC(=O)O)C(=O)OC(=O)CC[C@H](N)C(=O)OC(=O)[C@@H](N)Cc1ccc(O)cc1. The molecule has 0 bridgehead atoms. The van der Waals surface area contributed by atoms with Gasteiger partial charge in [0, 0.05) is 12.8 Å². The van der Waals surface area contributed by atoms with Gasteiger partial charge in [-0.25, -0.2) is 14.4 Å². The third-order valence-electron chi connectivity index (χ3n) is 4.04. The maximum Gasteiger partial charge on any atom is 0.330 e. The number of carbonyl (C=O) groups is 5. The van der Waals surface area contributed by atoms with Gasteiger partial charge >= 0.3 is 29.8 Å². The van der Waals surface area contributed by atoms with Crippen LogP contribution in [0.15, 0.2) is 24.3 Å². The monoisotopic (exact) mass is 439 g/mol. The summed E-state index contributed by atoms with van der Waals surface area (Å²) < 4.78 is 9.06. The average Bonchev–Trinajstić information content (AvgIpc) is 2.71. The number of carbonyl (C=O) groups excluding carboxylic acids is 4. The molecule has 12 heteroatoms. The van der Waals surface area contributed by atoms with Crippen LogP contribution >= 0.6 is 0 Å². The number of hydrogen-bond acceptors (Lipinski definition) is 11. The van der Waals surface area contributed by atoms with Crippen molar-refractivity contribution in [2.24, 2.45) is 17.2 Å². The van der Waals surface area contributed by atoms with Crippen molar-refractivity contribution in [1.29, 1.82) is 0 Å². The minimum Gasteiger partial charge on any atom is -0.508 e. The second-order valence-electron chi connectivity index (χ2n) is 6.69. The van der Waals surface area contributed by atoms with Crippen LogP contribution in [0.2, 0.25) is 0 Å². The maximum absolute atomic E-state index is 11.9. The average molecular weight is 439 g/mol. The molecular weight excluding hydrogens is 414 g/mol. The molecule has 0 saturated heterocycles. The van der Waals surface area contributed by atoms with Gasteiger partial charge in [0.15, 0.2) is 0 Å². The number of carboxylic acid groups (broad SMARTS) is 1. The summed E-state index contributed by atoms with van der Waals surface area (Å²) in [4.78, 5) is 57.5. The van der Waals surface area contributed by atoms with Gasteiger partial charge in [0.1, 0.15) is 23.9 Å². The summed E-state index contributed by atoms with van der Waals surface area (Å²) in [6, 6.07) is 2.14. The number of rotatable bonds is 11. The van der Waals surface area contributed by atoms with Crippen LogP contribution in [0.25, 0.3) is 0 Å². The lowest BCUT2D eigenvalue weighted by atomic mass is 10.1. The lowest BCUT2D eigenvalue weighted by Crippen LogP contribution is -2.41. The van der Waals surface area contributed by atoms with Crippen molar-refractivity contribution >= 4 is 29.8 Å². The van der Waals surface area contributed by atoms with E-state index in [4.69, 9.17) is 22.3 Å². The Bertz CT molecular complexity index is 810. The quantitative estimate of drug-likeness (QED) is 0.200. The van der Waals surface area contributed by atoms with Crippen molar-refractivity contribution in [3.63, 3.8) is 0 Å². The van der Waals surface area contributed by atoms with Gasteiger partial charge in [-0.3, -0.25) is 9.59 Å². The Morgan fingerprint density at radius 1 is 0.774 bits per heavy atom. The first kappa shape index (κ1) is 25.7. The topological polar surface area (TPSA) is 222 Å². The first-order chi connectivity index (χ1) is 14.5. The van der Waals surface area contributed by atoms with E-state index >= 15 is 0 Å². The largest absolute Gasteiger partial charge is 0.508 e. The molecule has 0 aromatic heterocycles. The molecule has 170 valence electrons. The Kier molecular flexibility index (Phi) is 10.2. The number of benzene rings is 1. The normalized spacial score (nSPS) is 13.5. The number of aromatic hydroxyl groups is 1.